The molecular weight excluding hydrogens is 188 g/mol. The number of rotatable bonds is 0. The topological polar surface area (TPSA) is 104 Å². The molecule has 0 radical (unpaired) electrons. The Kier molecular flexibility index (Phi) is 1.77. The molecule has 1 aromatic heterocycles. The van der Waals surface area contributed by atoms with Gasteiger partial charge in [0.25, 0.3) is 5.56 Å². The van der Waals surface area contributed by atoms with Crippen molar-refractivity contribution >= 4 is 23.3 Å². The maximum atomic E-state index is 11.2. The Morgan fingerprint density at radius 3 is 2.64 bits per heavy atom. The molecular formula is C7H6N4O3. The van der Waals surface area contributed by atoms with Crippen LogP contribution in [0.15, 0.2) is 11.1 Å². The lowest BCUT2D eigenvalue weighted by Crippen LogP contribution is -2.18. The van der Waals surface area contributed by atoms with E-state index in [4.69, 9.17) is 0 Å². The largest absolute Gasteiger partial charge is 0.318 e. The third-order valence-electron chi connectivity index (χ3n) is 1.70. The zero-order valence-electron chi connectivity index (χ0n) is 6.96. The summed E-state index contributed by atoms with van der Waals surface area (Å²) in [6.07, 6.45) is 0.842. The molecule has 2 amide bonds. The van der Waals surface area contributed by atoms with E-state index in [9.17, 15) is 14.4 Å². The first-order valence-corrected chi connectivity index (χ1v) is 3.84. The Morgan fingerprint density at radius 2 is 1.86 bits per heavy atom. The molecule has 1 aromatic rings. The molecule has 14 heavy (non-hydrogen) atoms. The van der Waals surface area contributed by atoms with Crippen molar-refractivity contribution < 1.29 is 9.59 Å². The van der Waals surface area contributed by atoms with Crippen LogP contribution in [0.3, 0.4) is 0 Å². The Bertz CT molecular complexity index is 464. The van der Waals surface area contributed by atoms with Crippen LogP contribution in [-0.4, -0.2) is 21.8 Å². The minimum Gasteiger partial charge on any atom is -0.318 e. The quantitative estimate of drug-likeness (QED) is 0.463. The number of hydrogen-bond donors (Lipinski definition) is 3. The summed E-state index contributed by atoms with van der Waals surface area (Å²) in [5.41, 5.74) is -0.520. The number of fused-ring (bicyclic) bond motifs is 1. The van der Waals surface area contributed by atoms with Gasteiger partial charge in [-0.3, -0.25) is 14.4 Å². The molecule has 7 nitrogen and oxygen atoms in total. The molecule has 0 saturated heterocycles. The van der Waals surface area contributed by atoms with Crippen LogP contribution in [0.5, 0.6) is 0 Å². The van der Waals surface area contributed by atoms with E-state index in [0.717, 1.165) is 6.33 Å². The molecule has 72 valence electrons. The van der Waals surface area contributed by atoms with E-state index in [0.29, 0.717) is 0 Å². The molecule has 0 spiro atoms. The van der Waals surface area contributed by atoms with E-state index in [2.05, 4.69) is 20.6 Å². The smallest absolute Gasteiger partial charge is 0.276 e. The van der Waals surface area contributed by atoms with Crippen LogP contribution in [0.1, 0.15) is 6.42 Å². The predicted octanol–water partition coefficient (Wildman–Crippen LogP) is -0.949. The molecule has 7 heteroatoms. The van der Waals surface area contributed by atoms with Crippen molar-refractivity contribution in [2.24, 2.45) is 0 Å². The fourth-order valence-corrected chi connectivity index (χ4v) is 1.12. The SMILES string of the molecule is O=C1CC(=O)Nc2c(nc[nH]c2=O)N1. The maximum Gasteiger partial charge on any atom is 0.276 e. The van der Waals surface area contributed by atoms with Gasteiger partial charge in [-0.05, 0) is 0 Å². The molecule has 2 rings (SSSR count). The standard InChI is InChI=1S/C7H6N4O3/c12-3-1-4(13)11-6-5(10-3)7(14)9-2-8-6/h2H,1H2,(H,10,12)(H2,8,9,11,13,14). The van der Waals surface area contributed by atoms with Crippen molar-refractivity contribution in [3.8, 4) is 0 Å². The van der Waals surface area contributed by atoms with Crippen LogP contribution in [0.2, 0.25) is 0 Å². The fourth-order valence-electron chi connectivity index (χ4n) is 1.12. The number of nitrogens with zero attached hydrogens (tertiary/aromatic N) is 1. The minimum absolute atomic E-state index is 0.0247. The van der Waals surface area contributed by atoms with Crippen molar-refractivity contribution in [2.75, 3.05) is 10.6 Å². The summed E-state index contributed by atoms with van der Waals surface area (Å²) < 4.78 is 0. The number of aromatic nitrogens is 2. The van der Waals surface area contributed by atoms with Gasteiger partial charge < -0.3 is 15.6 Å². The zero-order valence-corrected chi connectivity index (χ0v) is 6.96. The highest BCUT2D eigenvalue weighted by Gasteiger charge is 2.20. The van der Waals surface area contributed by atoms with Gasteiger partial charge in [0.2, 0.25) is 11.8 Å². The highest BCUT2D eigenvalue weighted by Crippen LogP contribution is 2.15. The third kappa shape index (κ3) is 1.35. The van der Waals surface area contributed by atoms with Gasteiger partial charge in [-0.15, -0.1) is 0 Å². The summed E-state index contributed by atoms with van der Waals surface area (Å²) in [7, 11) is 0. The number of H-pyrrole nitrogens is 1. The molecule has 0 unspecified atom stereocenters. The average molecular weight is 194 g/mol. The fraction of sp³-hybridized carbons (Fsp3) is 0.143. The monoisotopic (exact) mass is 194 g/mol. The van der Waals surface area contributed by atoms with E-state index >= 15 is 0 Å². The number of aromatic amines is 1. The molecule has 0 aliphatic carbocycles. The van der Waals surface area contributed by atoms with E-state index < -0.39 is 17.4 Å². The van der Waals surface area contributed by atoms with Gasteiger partial charge in [-0.2, -0.15) is 0 Å². The second-order valence-corrected chi connectivity index (χ2v) is 2.73. The minimum atomic E-state index is -0.528. The van der Waals surface area contributed by atoms with Gasteiger partial charge in [-0.1, -0.05) is 0 Å². The van der Waals surface area contributed by atoms with E-state index in [1.807, 2.05) is 0 Å². The summed E-state index contributed by atoms with van der Waals surface area (Å²) in [6.45, 7) is 0. The normalized spacial score (nSPS) is 15.1. The summed E-state index contributed by atoms with van der Waals surface area (Å²) in [6, 6.07) is 0. The molecule has 0 fully saturated rings. The summed E-state index contributed by atoms with van der Waals surface area (Å²) in [5, 5.41) is 4.63. The second kappa shape index (κ2) is 2.95. The number of nitrogens with one attached hydrogen (secondary N) is 3. The van der Waals surface area contributed by atoms with Crippen LogP contribution >= 0.6 is 0 Å². The van der Waals surface area contributed by atoms with Crippen molar-refractivity contribution in [1.82, 2.24) is 9.97 Å². The number of carbonyl (C=O) groups excluding carboxylic acids is 2. The third-order valence-corrected chi connectivity index (χ3v) is 1.70. The number of anilines is 2. The summed E-state index contributed by atoms with van der Waals surface area (Å²) in [5.74, 6) is -0.941. The van der Waals surface area contributed by atoms with Crippen LogP contribution in [-0.2, 0) is 9.59 Å². The molecule has 0 atom stereocenters. The summed E-state index contributed by atoms with van der Waals surface area (Å²) in [4.78, 5) is 39.3. The van der Waals surface area contributed by atoms with Crippen molar-refractivity contribution in [3.05, 3.63) is 16.7 Å². The van der Waals surface area contributed by atoms with Gasteiger partial charge in [-0.25, -0.2) is 4.98 Å². The average Bonchev–Trinajstić information content (AvgIpc) is 2.23. The Hall–Kier alpha value is -2.18. The molecule has 0 aromatic carbocycles. The zero-order chi connectivity index (χ0) is 10.1. The van der Waals surface area contributed by atoms with Crippen molar-refractivity contribution in [1.29, 1.82) is 0 Å². The first-order chi connectivity index (χ1) is 6.66. The molecule has 3 N–H and O–H groups in total. The van der Waals surface area contributed by atoms with Crippen molar-refractivity contribution in [2.45, 2.75) is 6.42 Å². The first kappa shape index (κ1) is 8.42. The number of hydrogen-bond acceptors (Lipinski definition) is 4. The van der Waals surface area contributed by atoms with E-state index in [1.54, 1.807) is 0 Å². The first-order valence-electron chi connectivity index (χ1n) is 3.84. The maximum absolute atomic E-state index is 11.2. The molecule has 2 heterocycles. The lowest BCUT2D eigenvalue weighted by Gasteiger charge is -2.02. The lowest BCUT2D eigenvalue weighted by molar-refractivity contribution is -0.123. The van der Waals surface area contributed by atoms with E-state index in [-0.39, 0.29) is 17.9 Å². The Morgan fingerprint density at radius 1 is 1.14 bits per heavy atom. The van der Waals surface area contributed by atoms with Crippen LogP contribution in [0.4, 0.5) is 11.5 Å². The summed E-state index contributed by atoms with van der Waals surface area (Å²) >= 11 is 0. The van der Waals surface area contributed by atoms with Crippen molar-refractivity contribution in [3.63, 3.8) is 0 Å². The molecule has 1 aliphatic rings. The Labute approximate surface area is 77.5 Å². The highest BCUT2D eigenvalue weighted by atomic mass is 16.2. The molecule has 0 saturated carbocycles. The van der Waals surface area contributed by atoms with Crippen LogP contribution in [0.25, 0.3) is 0 Å². The number of amides is 2. The molecule has 0 bridgehead atoms. The Balaban J connectivity index is 2.57. The van der Waals surface area contributed by atoms with Gasteiger partial charge in [0.05, 0.1) is 6.33 Å². The van der Waals surface area contributed by atoms with Crippen LogP contribution in [0, 0.1) is 0 Å². The van der Waals surface area contributed by atoms with Gasteiger partial charge in [0.1, 0.15) is 6.42 Å². The van der Waals surface area contributed by atoms with Crippen LogP contribution < -0.4 is 16.2 Å². The van der Waals surface area contributed by atoms with Gasteiger partial charge in [0.15, 0.2) is 11.5 Å². The molecule has 1 aliphatic heterocycles. The lowest BCUT2D eigenvalue weighted by atomic mass is 10.4. The van der Waals surface area contributed by atoms with E-state index in [1.165, 1.54) is 0 Å². The van der Waals surface area contributed by atoms with Gasteiger partial charge in [0, 0.05) is 0 Å². The highest BCUT2D eigenvalue weighted by molar-refractivity contribution is 6.12. The number of carbonyl (C=O) groups is 2. The predicted molar refractivity (Wildman–Crippen MR) is 46.7 cm³/mol. The second-order valence-electron chi connectivity index (χ2n) is 2.73. The van der Waals surface area contributed by atoms with Gasteiger partial charge >= 0.3 is 0 Å².